The smallest absolute Gasteiger partial charge is 0.326 e. The van der Waals surface area contributed by atoms with Crippen LogP contribution in [-0.4, -0.2) is 77.2 Å². The number of nitrogens with one attached hydrogen (secondary N) is 1. The molecule has 0 bridgehead atoms. The molecule has 0 spiro atoms. The van der Waals surface area contributed by atoms with E-state index in [4.69, 9.17) is 4.74 Å². The molecule has 6 nitrogen and oxygen atoms in total. The van der Waals surface area contributed by atoms with E-state index in [1.165, 1.54) is 37.9 Å². The minimum atomic E-state index is -1.00. The zero-order valence-corrected chi connectivity index (χ0v) is 26.4. The van der Waals surface area contributed by atoms with Crippen LogP contribution in [0.5, 0.6) is 0 Å². The fraction of sp³-hybridized carbons (Fsp3) is 0.576. The molecular weight excluding hydrogens is 553 g/mol. The molecule has 0 aromatic heterocycles. The lowest BCUT2D eigenvalue weighted by molar-refractivity contribution is -0.139. The number of hydrogen-bond donors (Lipinski definition) is 2. The van der Waals surface area contributed by atoms with Crippen LogP contribution in [-0.2, 0) is 16.1 Å². The molecule has 2 fully saturated rings. The highest BCUT2D eigenvalue weighted by molar-refractivity contribution is 8.00. The second-order valence-corrected chi connectivity index (χ2v) is 13.9. The number of methoxy groups -OCH3 is 1. The number of amides is 1. The Morgan fingerprint density at radius 2 is 1.90 bits per heavy atom. The molecule has 1 saturated heterocycles. The Hall–Kier alpha value is -2.00. The molecule has 2 N–H and O–H groups in total. The Morgan fingerprint density at radius 3 is 2.61 bits per heavy atom. The predicted octanol–water partition coefficient (Wildman–Crippen LogP) is 6.50. The largest absolute Gasteiger partial charge is 0.480 e. The van der Waals surface area contributed by atoms with Gasteiger partial charge in [0.1, 0.15) is 6.04 Å². The number of ether oxygens (including phenoxy) is 1. The summed E-state index contributed by atoms with van der Waals surface area (Å²) in [6, 6.07) is 13.6. The number of carbonyl (C=O) groups excluding carboxylic acids is 1. The number of carboxylic acid groups (broad SMARTS) is 1. The van der Waals surface area contributed by atoms with E-state index in [0.29, 0.717) is 29.0 Å². The fourth-order valence-electron chi connectivity index (χ4n) is 6.19. The van der Waals surface area contributed by atoms with Gasteiger partial charge in [-0.05, 0) is 90.7 Å². The maximum atomic E-state index is 13.5. The van der Waals surface area contributed by atoms with Gasteiger partial charge in [-0.1, -0.05) is 49.6 Å². The Balaban J connectivity index is 1.53. The third-order valence-electron chi connectivity index (χ3n) is 8.50. The van der Waals surface area contributed by atoms with Gasteiger partial charge in [0, 0.05) is 37.1 Å². The van der Waals surface area contributed by atoms with Crippen LogP contribution in [0.15, 0.2) is 42.5 Å². The highest BCUT2D eigenvalue weighted by Gasteiger charge is 2.33. The molecule has 1 heterocycles. The number of rotatable bonds is 14. The van der Waals surface area contributed by atoms with Crippen molar-refractivity contribution in [2.24, 2.45) is 5.92 Å². The summed E-state index contributed by atoms with van der Waals surface area (Å²) in [7, 11) is 1.79. The summed E-state index contributed by atoms with van der Waals surface area (Å²) in [4.78, 5) is 27.8. The maximum absolute atomic E-state index is 13.5. The molecule has 1 aliphatic carbocycles. The molecule has 224 valence electrons. The molecule has 8 heteroatoms. The molecule has 2 aromatic carbocycles. The average molecular weight is 599 g/mol. The van der Waals surface area contributed by atoms with Gasteiger partial charge in [0.05, 0.1) is 6.61 Å². The van der Waals surface area contributed by atoms with Crippen molar-refractivity contribution >= 4 is 35.4 Å². The number of thioether (sulfide) groups is 2. The van der Waals surface area contributed by atoms with Gasteiger partial charge in [0.2, 0.25) is 0 Å². The van der Waals surface area contributed by atoms with Crippen molar-refractivity contribution in [1.29, 1.82) is 0 Å². The first kappa shape index (κ1) is 31.9. The number of likely N-dealkylation sites (tertiary alicyclic amines) is 1. The quantitative estimate of drug-likeness (QED) is 0.257. The Kier molecular flexibility index (Phi) is 12.5. The normalized spacial score (nSPS) is 20.7. The number of benzene rings is 2. The monoisotopic (exact) mass is 598 g/mol. The number of hydrogen-bond acceptors (Lipinski definition) is 6. The highest BCUT2D eigenvalue weighted by atomic mass is 32.2. The van der Waals surface area contributed by atoms with Crippen molar-refractivity contribution in [3.05, 3.63) is 59.2 Å². The van der Waals surface area contributed by atoms with Crippen molar-refractivity contribution in [2.75, 3.05) is 38.0 Å². The molecule has 3 atom stereocenters. The Labute approximate surface area is 254 Å². The fourth-order valence-corrected chi connectivity index (χ4v) is 8.20. The lowest BCUT2D eigenvalue weighted by atomic mass is 9.91. The van der Waals surface area contributed by atoms with Crippen molar-refractivity contribution in [3.8, 4) is 11.1 Å². The predicted molar refractivity (Wildman–Crippen MR) is 172 cm³/mol. The van der Waals surface area contributed by atoms with E-state index < -0.39 is 12.0 Å². The van der Waals surface area contributed by atoms with E-state index in [2.05, 4.69) is 28.0 Å². The summed E-state index contributed by atoms with van der Waals surface area (Å²) < 4.78 is 5.63. The topological polar surface area (TPSA) is 78.9 Å². The van der Waals surface area contributed by atoms with Gasteiger partial charge in [0.15, 0.2) is 0 Å². The van der Waals surface area contributed by atoms with Gasteiger partial charge >= 0.3 is 5.97 Å². The molecule has 4 rings (SSSR count). The number of nitrogens with zero attached hydrogens (tertiary/aromatic N) is 1. The molecule has 0 unspecified atom stereocenters. The van der Waals surface area contributed by atoms with Crippen LogP contribution < -0.4 is 5.32 Å². The third-order valence-corrected chi connectivity index (χ3v) is 10.6. The molecule has 0 radical (unpaired) electrons. The molecule has 2 aromatic rings. The number of aliphatic carboxylic acids is 1. The maximum Gasteiger partial charge on any atom is 0.326 e. The summed E-state index contributed by atoms with van der Waals surface area (Å²) in [5, 5.41) is 13.1. The number of aryl methyl sites for hydroxylation is 1. The van der Waals surface area contributed by atoms with Crippen LogP contribution in [0.1, 0.15) is 66.4 Å². The van der Waals surface area contributed by atoms with Crippen molar-refractivity contribution in [3.63, 3.8) is 0 Å². The van der Waals surface area contributed by atoms with Crippen LogP contribution in [0.4, 0.5) is 0 Å². The first-order valence-corrected chi connectivity index (χ1v) is 17.4. The van der Waals surface area contributed by atoms with Crippen LogP contribution in [0.3, 0.4) is 0 Å². The molecule has 41 heavy (non-hydrogen) atoms. The molecule has 1 saturated carbocycles. The standard InChI is InChI=1S/C33H46N2O4S2/c1-23-9-7-8-12-28(23)30-17-25(13-14-29(30)32(36)34-31(33(37)38)15-16-40-3)19-35-20-27(18-26(35)21-39-2)41-22-24-10-5-4-6-11-24/h7-9,12-14,17,24,26-27,31H,4-6,10-11,15-16,18-22H2,1-3H3,(H,34,36)(H,37,38)/t26-,27-,31-/m0/s1. The van der Waals surface area contributed by atoms with E-state index in [0.717, 1.165) is 54.3 Å². The van der Waals surface area contributed by atoms with E-state index in [9.17, 15) is 14.7 Å². The number of carbonyl (C=O) groups is 2. The van der Waals surface area contributed by atoms with Gasteiger partial charge in [-0.25, -0.2) is 4.79 Å². The summed E-state index contributed by atoms with van der Waals surface area (Å²) in [5.74, 6) is 1.46. The number of carboxylic acids is 1. The van der Waals surface area contributed by atoms with Gasteiger partial charge < -0.3 is 15.2 Å². The van der Waals surface area contributed by atoms with Crippen LogP contribution >= 0.6 is 23.5 Å². The minimum absolute atomic E-state index is 0.346. The van der Waals surface area contributed by atoms with E-state index in [1.54, 1.807) is 18.9 Å². The molecular formula is C33H46N2O4S2. The van der Waals surface area contributed by atoms with Gasteiger partial charge in [-0.3, -0.25) is 9.69 Å². The van der Waals surface area contributed by atoms with E-state index in [1.807, 2.05) is 49.6 Å². The Morgan fingerprint density at radius 1 is 1.12 bits per heavy atom. The van der Waals surface area contributed by atoms with Crippen molar-refractivity contribution in [2.45, 2.75) is 75.7 Å². The van der Waals surface area contributed by atoms with Crippen LogP contribution in [0, 0.1) is 12.8 Å². The first-order chi connectivity index (χ1) is 19.9. The second kappa shape index (κ2) is 16.0. The first-order valence-electron chi connectivity index (χ1n) is 15.0. The third kappa shape index (κ3) is 8.99. The van der Waals surface area contributed by atoms with Crippen LogP contribution in [0.2, 0.25) is 0 Å². The molecule has 1 aliphatic heterocycles. The molecule has 1 amide bonds. The average Bonchev–Trinajstić information content (AvgIpc) is 3.35. The SMILES string of the molecule is COC[C@@H]1C[C@H](SCC2CCCCC2)CN1Cc1ccc(C(=O)N[C@@H](CCSC)C(=O)O)c(-c2ccccc2C)c1. The zero-order valence-electron chi connectivity index (χ0n) is 24.8. The Bertz CT molecular complexity index is 1150. The minimum Gasteiger partial charge on any atom is -0.480 e. The van der Waals surface area contributed by atoms with Gasteiger partial charge in [0.25, 0.3) is 5.91 Å². The van der Waals surface area contributed by atoms with E-state index >= 15 is 0 Å². The summed E-state index contributed by atoms with van der Waals surface area (Å²) in [5.41, 5.74) is 4.57. The summed E-state index contributed by atoms with van der Waals surface area (Å²) >= 11 is 3.73. The lowest BCUT2D eigenvalue weighted by Crippen LogP contribution is -2.41. The van der Waals surface area contributed by atoms with Gasteiger partial charge in [-0.2, -0.15) is 23.5 Å². The van der Waals surface area contributed by atoms with E-state index in [-0.39, 0.29) is 5.91 Å². The second-order valence-electron chi connectivity index (χ2n) is 11.6. The summed E-state index contributed by atoms with van der Waals surface area (Å²) in [6.45, 7) is 4.60. The van der Waals surface area contributed by atoms with Gasteiger partial charge in [-0.15, -0.1) is 0 Å². The van der Waals surface area contributed by atoms with Crippen LogP contribution in [0.25, 0.3) is 11.1 Å². The summed E-state index contributed by atoms with van der Waals surface area (Å²) in [6.07, 6.45) is 10.4. The highest BCUT2D eigenvalue weighted by Crippen LogP contribution is 2.35. The molecule has 2 aliphatic rings. The van der Waals surface area contributed by atoms with Crippen molar-refractivity contribution in [1.82, 2.24) is 10.2 Å². The van der Waals surface area contributed by atoms with Crippen molar-refractivity contribution < 1.29 is 19.4 Å². The lowest BCUT2D eigenvalue weighted by Gasteiger charge is -2.25. The zero-order chi connectivity index (χ0) is 29.2.